The minimum atomic E-state index is 0.206. The molecule has 0 unspecified atom stereocenters. The van der Waals surface area contributed by atoms with E-state index in [-0.39, 0.29) is 5.41 Å². The Hall–Kier alpha value is -2.94. The van der Waals surface area contributed by atoms with E-state index < -0.39 is 0 Å². The van der Waals surface area contributed by atoms with Crippen LogP contribution in [0.15, 0.2) is 54.7 Å². The fraction of sp³-hybridized carbons (Fsp3) is 0.429. The normalized spacial score (nSPS) is 15.9. The molecule has 0 radical (unpaired) electrons. The molecule has 2 heterocycles. The van der Waals surface area contributed by atoms with Crippen molar-refractivity contribution in [2.24, 2.45) is 5.41 Å². The molecule has 0 atom stereocenters. The molecule has 5 heteroatoms. The summed E-state index contributed by atoms with van der Waals surface area (Å²) in [6.07, 6.45) is 5.36. The molecule has 0 aliphatic carbocycles. The van der Waals surface area contributed by atoms with Gasteiger partial charge >= 0.3 is 0 Å². The Bertz CT molecular complexity index is 1100. The number of piperidine rings is 1. The van der Waals surface area contributed by atoms with E-state index in [1.165, 1.54) is 22.4 Å². The number of aryl methyl sites for hydroxylation is 2. The van der Waals surface area contributed by atoms with Crippen LogP contribution in [0.1, 0.15) is 46.6 Å². The van der Waals surface area contributed by atoms with Gasteiger partial charge in [0.15, 0.2) is 0 Å². The van der Waals surface area contributed by atoms with E-state index in [1.54, 1.807) is 0 Å². The summed E-state index contributed by atoms with van der Waals surface area (Å²) < 4.78 is 7.99. The van der Waals surface area contributed by atoms with E-state index in [9.17, 15) is 0 Å². The number of likely N-dealkylation sites (tertiary alicyclic amines) is 1. The molecule has 1 aromatic heterocycles. The third kappa shape index (κ3) is 5.71. The Morgan fingerprint density at radius 2 is 1.79 bits per heavy atom. The van der Waals surface area contributed by atoms with Crippen LogP contribution in [0, 0.1) is 30.6 Å². The van der Waals surface area contributed by atoms with Crippen molar-refractivity contribution in [1.82, 2.24) is 14.5 Å². The SMILES string of the molecule is COCC1(Cc2cccc(C)c2)CCN(Cc2cnc(C)n2Cc2ccc(C#N)cc2)CC1. The summed E-state index contributed by atoms with van der Waals surface area (Å²) in [5, 5.41) is 9.04. The van der Waals surface area contributed by atoms with Gasteiger partial charge in [0.2, 0.25) is 0 Å². The van der Waals surface area contributed by atoms with Crippen molar-refractivity contribution in [3.63, 3.8) is 0 Å². The Kier molecular flexibility index (Phi) is 7.27. The molecule has 3 aromatic rings. The fourth-order valence-electron chi connectivity index (χ4n) is 5.07. The lowest BCUT2D eigenvalue weighted by Gasteiger charge is -2.41. The van der Waals surface area contributed by atoms with E-state index in [4.69, 9.17) is 10.00 Å². The largest absolute Gasteiger partial charge is 0.384 e. The minimum Gasteiger partial charge on any atom is -0.384 e. The Balaban J connectivity index is 1.41. The number of ether oxygens (including phenoxy) is 1. The number of hydrogen-bond acceptors (Lipinski definition) is 4. The van der Waals surface area contributed by atoms with Gasteiger partial charge < -0.3 is 9.30 Å². The lowest BCUT2D eigenvalue weighted by molar-refractivity contribution is 0.0189. The standard InChI is InChI=1S/C28H34N4O/c1-22-5-4-6-26(15-22)16-28(21-33-3)11-13-31(14-12-28)20-27-18-30-23(2)32(27)19-25-9-7-24(17-29)8-10-25/h4-10,15,18H,11-14,16,19-21H2,1-3H3. The zero-order valence-corrected chi connectivity index (χ0v) is 20.1. The number of nitriles is 1. The smallest absolute Gasteiger partial charge is 0.106 e. The van der Waals surface area contributed by atoms with Crippen LogP contribution in [0.3, 0.4) is 0 Å². The molecule has 0 spiro atoms. The van der Waals surface area contributed by atoms with Crippen molar-refractivity contribution in [3.05, 3.63) is 88.5 Å². The van der Waals surface area contributed by atoms with Crippen LogP contribution in [0.4, 0.5) is 0 Å². The molecule has 1 aliphatic rings. The number of rotatable bonds is 8. The first-order valence-corrected chi connectivity index (χ1v) is 11.8. The van der Waals surface area contributed by atoms with Crippen molar-refractivity contribution in [1.29, 1.82) is 5.26 Å². The molecule has 1 fully saturated rings. The maximum Gasteiger partial charge on any atom is 0.106 e. The van der Waals surface area contributed by atoms with E-state index in [1.807, 2.05) is 37.6 Å². The van der Waals surface area contributed by atoms with Gasteiger partial charge in [-0.15, -0.1) is 0 Å². The monoisotopic (exact) mass is 442 g/mol. The average Bonchev–Trinajstić information content (AvgIpc) is 3.15. The first-order chi connectivity index (χ1) is 16.0. The molecule has 2 aromatic carbocycles. The Morgan fingerprint density at radius 3 is 2.45 bits per heavy atom. The summed E-state index contributed by atoms with van der Waals surface area (Å²) in [4.78, 5) is 7.15. The van der Waals surface area contributed by atoms with Crippen molar-refractivity contribution in [2.75, 3.05) is 26.8 Å². The second-order valence-corrected chi connectivity index (χ2v) is 9.57. The van der Waals surface area contributed by atoms with Crippen molar-refractivity contribution in [2.45, 2.75) is 46.2 Å². The summed E-state index contributed by atoms with van der Waals surface area (Å²) in [5.74, 6) is 1.03. The van der Waals surface area contributed by atoms with Crippen LogP contribution >= 0.6 is 0 Å². The fourth-order valence-corrected chi connectivity index (χ4v) is 5.07. The summed E-state index contributed by atoms with van der Waals surface area (Å²) >= 11 is 0. The third-order valence-corrected chi connectivity index (χ3v) is 6.98. The van der Waals surface area contributed by atoms with Gasteiger partial charge in [0, 0.05) is 31.8 Å². The minimum absolute atomic E-state index is 0.206. The number of hydrogen-bond donors (Lipinski definition) is 0. The van der Waals surface area contributed by atoms with Crippen molar-refractivity contribution >= 4 is 0 Å². The highest BCUT2D eigenvalue weighted by Gasteiger charge is 2.35. The van der Waals surface area contributed by atoms with Gasteiger partial charge in [0.25, 0.3) is 0 Å². The lowest BCUT2D eigenvalue weighted by Crippen LogP contribution is -2.43. The number of benzene rings is 2. The number of aromatic nitrogens is 2. The van der Waals surface area contributed by atoms with Gasteiger partial charge in [0.05, 0.1) is 23.9 Å². The molecular weight excluding hydrogens is 408 g/mol. The number of imidazole rings is 1. The van der Waals surface area contributed by atoms with Crippen LogP contribution < -0.4 is 0 Å². The molecular formula is C28H34N4O. The van der Waals surface area contributed by atoms with Gasteiger partial charge in [-0.2, -0.15) is 5.26 Å². The highest BCUT2D eigenvalue weighted by atomic mass is 16.5. The predicted octanol–water partition coefficient (Wildman–Crippen LogP) is 4.89. The van der Waals surface area contributed by atoms with E-state index in [0.717, 1.165) is 57.9 Å². The van der Waals surface area contributed by atoms with E-state index in [2.05, 4.69) is 58.6 Å². The van der Waals surface area contributed by atoms with Crippen LogP contribution in [0.25, 0.3) is 0 Å². The average molecular weight is 443 g/mol. The maximum atomic E-state index is 9.04. The second-order valence-electron chi connectivity index (χ2n) is 9.57. The molecule has 1 aliphatic heterocycles. The molecule has 5 nitrogen and oxygen atoms in total. The molecule has 1 saturated heterocycles. The topological polar surface area (TPSA) is 54.1 Å². The van der Waals surface area contributed by atoms with E-state index in [0.29, 0.717) is 5.56 Å². The second kappa shape index (κ2) is 10.3. The number of nitrogens with zero attached hydrogens (tertiary/aromatic N) is 4. The first-order valence-electron chi connectivity index (χ1n) is 11.8. The third-order valence-electron chi connectivity index (χ3n) is 6.98. The quantitative estimate of drug-likeness (QED) is 0.498. The van der Waals surface area contributed by atoms with Gasteiger partial charge in [-0.3, -0.25) is 4.90 Å². The summed E-state index contributed by atoms with van der Waals surface area (Å²) in [6.45, 7) is 8.86. The molecule has 33 heavy (non-hydrogen) atoms. The van der Waals surface area contributed by atoms with Crippen molar-refractivity contribution < 1.29 is 4.74 Å². The summed E-state index contributed by atoms with van der Waals surface area (Å²) in [6, 6.07) is 18.9. The Morgan fingerprint density at radius 1 is 1.03 bits per heavy atom. The highest BCUT2D eigenvalue weighted by Crippen LogP contribution is 2.36. The number of methoxy groups -OCH3 is 1. The summed E-state index contributed by atoms with van der Waals surface area (Å²) in [7, 11) is 1.83. The lowest BCUT2D eigenvalue weighted by atomic mass is 9.74. The first kappa shape index (κ1) is 23.2. The molecule has 0 N–H and O–H groups in total. The van der Waals surface area contributed by atoms with Gasteiger partial charge in [0.1, 0.15) is 5.82 Å². The van der Waals surface area contributed by atoms with Crippen LogP contribution in [-0.4, -0.2) is 41.3 Å². The van der Waals surface area contributed by atoms with E-state index >= 15 is 0 Å². The van der Waals surface area contributed by atoms with Gasteiger partial charge in [-0.1, -0.05) is 42.0 Å². The summed E-state index contributed by atoms with van der Waals surface area (Å²) in [5.41, 5.74) is 6.07. The Labute approximate surface area is 197 Å². The molecule has 0 amide bonds. The predicted molar refractivity (Wildman–Crippen MR) is 131 cm³/mol. The van der Waals surface area contributed by atoms with Gasteiger partial charge in [-0.25, -0.2) is 4.98 Å². The zero-order valence-electron chi connectivity index (χ0n) is 20.1. The van der Waals surface area contributed by atoms with Crippen LogP contribution in [0.2, 0.25) is 0 Å². The van der Waals surface area contributed by atoms with Crippen LogP contribution in [-0.2, 0) is 24.2 Å². The van der Waals surface area contributed by atoms with Crippen LogP contribution in [0.5, 0.6) is 0 Å². The molecule has 4 rings (SSSR count). The van der Waals surface area contributed by atoms with Crippen molar-refractivity contribution in [3.8, 4) is 6.07 Å². The maximum absolute atomic E-state index is 9.04. The van der Waals surface area contributed by atoms with Gasteiger partial charge in [-0.05, 0) is 69.5 Å². The zero-order chi connectivity index (χ0) is 23.3. The highest BCUT2D eigenvalue weighted by molar-refractivity contribution is 5.32. The molecule has 0 saturated carbocycles. The molecule has 172 valence electrons. The molecule has 0 bridgehead atoms.